The van der Waals surface area contributed by atoms with E-state index < -0.39 is 0 Å². The van der Waals surface area contributed by atoms with Crippen molar-refractivity contribution in [2.75, 3.05) is 33.7 Å². The highest BCUT2D eigenvalue weighted by atomic mass is 19.1. The van der Waals surface area contributed by atoms with Gasteiger partial charge in [0, 0.05) is 48.2 Å². The lowest BCUT2D eigenvalue weighted by Crippen LogP contribution is -2.46. The van der Waals surface area contributed by atoms with E-state index in [9.17, 15) is 9.18 Å². The number of benzene rings is 2. The lowest BCUT2D eigenvalue weighted by Gasteiger charge is -2.45. The fourth-order valence-corrected chi connectivity index (χ4v) is 6.21. The van der Waals surface area contributed by atoms with Crippen molar-refractivity contribution in [1.82, 2.24) is 20.3 Å². The summed E-state index contributed by atoms with van der Waals surface area (Å²) in [6, 6.07) is 15.6. The lowest BCUT2D eigenvalue weighted by molar-refractivity contribution is -0.115. The number of nitrogens with one attached hydrogen (secondary N) is 2. The average molecular weight is 493 g/mol. The Hall–Kier alpha value is -2.90. The van der Waals surface area contributed by atoms with Crippen molar-refractivity contribution < 1.29 is 14.0 Å². The number of halogens is 1. The Morgan fingerprint density at radius 2 is 1.94 bits per heavy atom. The van der Waals surface area contributed by atoms with Crippen LogP contribution in [0.2, 0.25) is 0 Å². The number of carbonyl (C=O) groups excluding carboxylic acids is 1. The largest absolute Gasteiger partial charge is 0.426 e. The molecular weight excluding hydrogens is 455 g/mol. The zero-order valence-corrected chi connectivity index (χ0v) is 21.3. The van der Waals surface area contributed by atoms with Gasteiger partial charge in [0.15, 0.2) is 0 Å². The quantitative estimate of drug-likeness (QED) is 0.458. The first kappa shape index (κ1) is 24.8. The number of rotatable bonds is 6. The summed E-state index contributed by atoms with van der Waals surface area (Å²) in [6.45, 7) is 1.96. The summed E-state index contributed by atoms with van der Waals surface area (Å²) in [5, 5.41) is 5.68. The van der Waals surface area contributed by atoms with Crippen LogP contribution in [0.4, 0.5) is 9.18 Å². The number of amides is 1. The monoisotopic (exact) mass is 492 g/mol. The molecule has 0 spiro atoms. The SMILES string of the molecule is CN(C)C1(c2ccccc2)CCC(CNC(=O)ON2CCCC(c3c[nH]c4ccc(F)cc34)C2)CC1. The summed E-state index contributed by atoms with van der Waals surface area (Å²) >= 11 is 0. The first-order valence-corrected chi connectivity index (χ1v) is 13.1. The average Bonchev–Trinajstić information content (AvgIpc) is 3.31. The van der Waals surface area contributed by atoms with Gasteiger partial charge in [-0.3, -0.25) is 4.90 Å². The minimum Gasteiger partial charge on any atom is -0.361 e. The van der Waals surface area contributed by atoms with Gasteiger partial charge in [0.1, 0.15) is 5.82 Å². The zero-order valence-electron chi connectivity index (χ0n) is 21.3. The number of nitrogens with zero attached hydrogens (tertiary/aromatic N) is 2. The second kappa shape index (κ2) is 10.6. The third-order valence-corrected chi connectivity index (χ3v) is 8.35. The third kappa shape index (κ3) is 5.13. The summed E-state index contributed by atoms with van der Waals surface area (Å²) in [5.74, 6) is 0.406. The molecule has 6 nitrogen and oxygen atoms in total. The molecule has 1 amide bonds. The number of H-pyrrole nitrogens is 1. The summed E-state index contributed by atoms with van der Waals surface area (Å²) in [5.41, 5.74) is 3.45. The number of fused-ring (bicyclic) bond motifs is 1. The predicted octanol–water partition coefficient (Wildman–Crippen LogP) is 5.77. The summed E-state index contributed by atoms with van der Waals surface area (Å²) < 4.78 is 13.8. The Labute approximate surface area is 212 Å². The number of aromatic nitrogens is 1. The minimum absolute atomic E-state index is 0.0619. The third-order valence-electron chi connectivity index (χ3n) is 8.35. The molecule has 0 radical (unpaired) electrons. The molecule has 2 heterocycles. The molecule has 192 valence electrons. The summed E-state index contributed by atoms with van der Waals surface area (Å²) in [7, 11) is 4.34. The smallest absolute Gasteiger partial charge is 0.361 e. The molecule has 1 aliphatic carbocycles. The Bertz CT molecular complexity index is 1170. The standard InChI is InChI=1S/C29H37FN4O2/c1-33(2)29(23-8-4-3-5-9-23)14-12-21(13-15-29)18-32-28(35)36-34-16-6-7-22(20-34)26-19-31-27-11-10-24(30)17-25(26)27/h3-5,8-11,17,19,21-22,31H,6-7,12-16,18,20H2,1-2H3,(H,32,35). The predicted molar refractivity (Wildman–Crippen MR) is 140 cm³/mol. The molecule has 3 aromatic rings. The highest BCUT2D eigenvalue weighted by Crippen LogP contribution is 2.42. The lowest BCUT2D eigenvalue weighted by atomic mass is 9.72. The van der Waals surface area contributed by atoms with Gasteiger partial charge in [0.25, 0.3) is 0 Å². The van der Waals surface area contributed by atoms with Crippen molar-refractivity contribution in [3.05, 3.63) is 71.7 Å². The maximum absolute atomic E-state index is 13.8. The van der Waals surface area contributed by atoms with E-state index in [2.05, 4.69) is 59.6 Å². The second-order valence-corrected chi connectivity index (χ2v) is 10.7. The minimum atomic E-state index is -0.381. The van der Waals surface area contributed by atoms with E-state index in [0.717, 1.165) is 55.0 Å². The first-order valence-electron chi connectivity index (χ1n) is 13.1. The summed E-state index contributed by atoms with van der Waals surface area (Å²) in [6.07, 6.45) is 7.77. The van der Waals surface area contributed by atoms with Crippen molar-refractivity contribution in [3.8, 4) is 0 Å². The molecule has 1 aliphatic heterocycles. The van der Waals surface area contributed by atoms with Gasteiger partial charge in [-0.2, -0.15) is 0 Å². The van der Waals surface area contributed by atoms with Crippen LogP contribution in [-0.2, 0) is 10.4 Å². The fraction of sp³-hybridized carbons (Fsp3) is 0.483. The van der Waals surface area contributed by atoms with Crippen molar-refractivity contribution >= 4 is 17.0 Å². The van der Waals surface area contributed by atoms with E-state index >= 15 is 0 Å². The van der Waals surface area contributed by atoms with Gasteiger partial charge < -0.3 is 15.1 Å². The molecule has 7 heteroatoms. The molecule has 0 bridgehead atoms. The number of piperidine rings is 1. The molecular formula is C29H37FN4O2. The first-order chi connectivity index (χ1) is 17.4. The molecule has 2 N–H and O–H groups in total. The van der Waals surface area contributed by atoms with Crippen LogP contribution in [0, 0.1) is 11.7 Å². The van der Waals surface area contributed by atoms with E-state index in [1.807, 2.05) is 6.20 Å². The van der Waals surface area contributed by atoms with E-state index in [4.69, 9.17) is 4.84 Å². The molecule has 1 unspecified atom stereocenters. The molecule has 36 heavy (non-hydrogen) atoms. The van der Waals surface area contributed by atoms with Gasteiger partial charge in [-0.25, -0.2) is 9.18 Å². The van der Waals surface area contributed by atoms with Crippen LogP contribution in [0.1, 0.15) is 55.6 Å². The second-order valence-electron chi connectivity index (χ2n) is 10.7. The Balaban J connectivity index is 1.12. The molecule has 1 aromatic heterocycles. The van der Waals surface area contributed by atoms with E-state index in [1.54, 1.807) is 17.2 Å². The molecule has 1 saturated heterocycles. The number of hydrogen-bond acceptors (Lipinski definition) is 4. The molecule has 1 saturated carbocycles. The van der Waals surface area contributed by atoms with E-state index in [1.165, 1.54) is 11.6 Å². The van der Waals surface area contributed by atoms with Crippen LogP contribution in [-0.4, -0.2) is 54.8 Å². The number of aromatic amines is 1. The van der Waals surface area contributed by atoms with Crippen LogP contribution in [0.3, 0.4) is 0 Å². The van der Waals surface area contributed by atoms with Gasteiger partial charge in [0.05, 0.1) is 0 Å². The van der Waals surface area contributed by atoms with Crippen molar-refractivity contribution in [1.29, 1.82) is 0 Å². The van der Waals surface area contributed by atoms with Gasteiger partial charge in [0.2, 0.25) is 0 Å². The Kier molecular flexibility index (Phi) is 7.30. The Morgan fingerprint density at radius 1 is 1.17 bits per heavy atom. The normalized spacial score (nSPS) is 25.2. The van der Waals surface area contributed by atoms with Gasteiger partial charge in [-0.15, -0.1) is 5.06 Å². The van der Waals surface area contributed by atoms with E-state index in [0.29, 0.717) is 25.6 Å². The maximum atomic E-state index is 13.8. The number of carbonyl (C=O) groups is 1. The van der Waals surface area contributed by atoms with Crippen LogP contribution < -0.4 is 5.32 Å². The molecule has 5 rings (SSSR count). The van der Waals surface area contributed by atoms with Crippen LogP contribution >= 0.6 is 0 Å². The van der Waals surface area contributed by atoms with Gasteiger partial charge in [-0.05, 0) is 87.9 Å². The zero-order chi connectivity index (χ0) is 25.1. The van der Waals surface area contributed by atoms with E-state index in [-0.39, 0.29) is 23.4 Å². The van der Waals surface area contributed by atoms with Gasteiger partial charge in [-0.1, -0.05) is 30.3 Å². The number of hydroxylamine groups is 2. The highest BCUT2D eigenvalue weighted by molar-refractivity contribution is 5.83. The van der Waals surface area contributed by atoms with Crippen molar-refractivity contribution in [3.63, 3.8) is 0 Å². The Morgan fingerprint density at radius 3 is 2.69 bits per heavy atom. The van der Waals surface area contributed by atoms with Crippen LogP contribution in [0.25, 0.3) is 10.9 Å². The maximum Gasteiger partial charge on any atom is 0.426 e. The van der Waals surface area contributed by atoms with Crippen molar-refractivity contribution in [2.24, 2.45) is 5.92 Å². The molecule has 2 aromatic carbocycles. The molecule has 2 aliphatic rings. The van der Waals surface area contributed by atoms with Crippen molar-refractivity contribution in [2.45, 2.75) is 50.0 Å². The fourth-order valence-electron chi connectivity index (χ4n) is 6.21. The number of hydrogen-bond donors (Lipinski definition) is 2. The highest BCUT2D eigenvalue weighted by Gasteiger charge is 2.38. The van der Waals surface area contributed by atoms with Crippen LogP contribution in [0.15, 0.2) is 54.7 Å². The summed E-state index contributed by atoms with van der Waals surface area (Å²) in [4.78, 5) is 23.9. The molecule has 1 atom stereocenters. The topological polar surface area (TPSA) is 60.6 Å². The van der Waals surface area contributed by atoms with Crippen LogP contribution in [0.5, 0.6) is 0 Å². The van der Waals surface area contributed by atoms with Gasteiger partial charge >= 0.3 is 6.09 Å². The molecule has 2 fully saturated rings.